The zero-order valence-corrected chi connectivity index (χ0v) is 16.2. The zero-order chi connectivity index (χ0) is 21.4. The van der Waals surface area contributed by atoms with Crippen molar-refractivity contribution in [1.82, 2.24) is 0 Å². The van der Waals surface area contributed by atoms with Crippen molar-refractivity contribution in [3.05, 3.63) is 63.4 Å². The molecule has 0 aliphatic rings. The summed E-state index contributed by atoms with van der Waals surface area (Å²) in [5.74, 6) is -0.379. The molecule has 0 unspecified atom stereocenters. The van der Waals surface area contributed by atoms with Crippen molar-refractivity contribution >= 4 is 44.4 Å². The van der Waals surface area contributed by atoms with Crippen molar-refractivity contribution in [3.63, 3.8) is 0 Å². The van der Waals surface area contributed by atoms with Crippen molar-refractivity contribution in [1.29, 1.82) is 0 Å². The Hall–Kier alpha value is -3.67. The topological polar surface area (TPSA) is 141 Å². The molecular weight excluding hydrogens is 402 g/mol. The fraction of sp³-hybridized carbons (Fsp3) is 0.235. The molecule has 2 aromatic rings. The lowest BCUT2D eigenvalue weighted by Gasteiger charge is -2.22. The van der Waals surface area contributed by atoms with Crippen LogP contribution in [0.15, 0.2) is 53.4 Å². The summed E-state index contributed by atoms with van der Waals surface area (Å²) in [5, 5.41) is 29.0. The summed E-state index contributed by atoms with van der Waals surface area (Å²) >= 11 is 0.580. The number of benzene rings is 1. The average Bonchev–Trinajstić information content (AvgIpc) is 3.13. The number of nitro groups is 2. The Morgan fingerprint density at radius 2 is 1.93 bits per heavy atom. The van der Waals surface area contributed by atoms with Crippen LogP contribution in [0, 0.1) is 20.2 Å². The second kappa shape index (κ2) is 10.0. The number of thiophene rings is 1. The minimum absolute atomic E-state index is 0.151. The van der Waals surface area contributed by atoms with Crippen molar-refractivity contribution < 1.29 is 19.4 Å². The van der Waals surface area contributed by atoms with Gasteiger partial charge in [0, 0.05) is 18.8 Å². The molecule has 0 amide bonds. The lowest BCUT2D eigenvalue weighted by molar-refractivity contribution is -0.389. The summed E-state index contributed by atoms with van der Waals surface area (Å²) in [5.41, 5.74) is 0.794. The highest BCUT2D eigenvalue weighted by Gasteiger charge is 2.25. The Bertz CT molecular complexity index is 940. The molecule has 0 radical (unpaired) electrons. The maximum Gasteiger partial charge on any atom is 0.333 e. The van der Waals surface area contributed by atoms with E-state index in [2.05, 4.69) is 16.8 Å². The number of hydrogen-bond acceptors (Lipinski definition) is 10. The number of hydrogen-bond donors (Lipinski definition) is 0. The predicted molar refractivity (Wildman–Crippen MR) is 107 cm³/mol. The first kappa shape index (κ1) is 21.6. The summed E-state index contributed by atoms with van der Waals surface area (Å²) in [7, 11) is 0. The van der Waals surface area contributed by atoms with Crippen molar-refractivity contribution in [2.24, 2.45) is 10.2 Å². The van der Waals surface area contributed by atoms with Crippen LogP contribution in [0.4, 0.5) is 27.1 Å². The first-order chi connectivity index (χ1) is 13.8. The van der Waals surface area contributed by atoms with E-state index in [4.69, 9.17) is 4.74 Å². The maximum atomic E-state index is 11.5. The highest BCUT2D eigenvalue weighted by atomic mass is 32.1. The van der Waals surface area contributed by atoms with Gasteiger partial charge in [-0.25, -0.2) is 0 Å². The van der Waals surface area contributed by atoms with Gasteiger partial charge in [-0.05, 0) is 42.5 Å². The molecule has 0 fully saturated rings. The molecular formula is C17H17N5O6S. The highest BCUT2D eigenvalue weighted by Crippen LogP contribution is 2.41. The number of esters is 1. The Balaban J connectivity index is 2.12. The van der Waals surface area contributed by atoms with E-state index < -0.39 is 15.5 Å². The third-order valence-corrected chi connectivity index (χ3v) is 4.67. The van der Waals surface area contributed by atoms with Crippen LogP contribution in [0.25, 0.3) is 0 Å². The minimum Gasteiger partial charge on any atom is -0.435 e. The number of ether oxygens (including phenoxy) is 1. The van der Waals surface area contributed by atoms with Crippen LogP contribution in [0.1, 0.15) is 13.3 Å². The van der Waals surface area contributed by atoms with Gasteiger partial charge < -0.3 is 9.64 Å². The van der Waals surface area contributed by atoms with Crippen LogP contribution in [0.3, 0.4) is 0 Å². The third-order valence-electron chi connectivity index (χ3n) is 3.71. The van der Waals surface area contributed by atoms with Crippen LogP contribution in [0.5, 0.6) is 0 Å². The first-order valence-electron chi connectivity index (χ1n) is 8.35. The average molecular weight is 419 g/mol. The predicted octanol–water partition coefficient (Wildman–Crippen LogP) is 4.88. The van der Waals surface area contributed by atoms with Gasteiger partial charge in [0.2, 0.25) is 5.00 Å². The Morgan fingerprint density at radius 3 is 2.48 bits per heavy atom. The fourth-order valence-electron chi connectivity index (χ4n) is 2.33. The minimum atomic E-state index is -0.739. The molecule has 1 heterocycles. The van der Waals surface area contributed by atoms with Crippen molar-refractivity contribution in [2.45, 2.75) is 13.3 Å². The molecule has 1 aromatic heterocycles. The van der Waals surface area contributed by atoms with E-state index in [1.165, 1.54) is 0 Å². The second-order valence-electron chi connectivity index (χ2n) is 5.49. The maximum absolute atomic E-state index is 11.5. The molecule has 0 bridgehead atoms. The van der Waals surface area contributed by atoms with Crippen LogP contribution in [-0.2, 0) is 9.53 Å². The van der Waals surface area contributed by atoms with Gasteiger partial charge in [0.1, 0.15) is 6.07 Å². The normalized spacial score (nSPS) is 10.7. The summed E-state index contributed by atoms with van der Waals surface area (Å²) in [6.07, 6.45) is 1.28. The molecule has 12 heteroatoms. The Labute approximate surface area is 169 Å². The highest BCUT2D eigenvalue weighted by molar-refractivity contribution is 7.19. The lowest BCUT2D eigenvalue weighted by atomic mass is 10.2. The Morgan fingerprint density at radius 1 is 1.24 bits per heavy atom. The molecule has 0 saturated heterocycles. The molecule has 0 aliphatic heterocycles. The van der Waals surface area contributed by atoms with E-state index in [1.54, 1.807) is 24.3 Å². The van der Waals surface area contributed by atoms with E-state index >= 15 is 0 Å². The van der Waals surface area contributed by atoms with Gasteiger partial charge in [-0.15, -0.1) is 10.2 Å². The molecule has 0 atom stereocenters. The van der Waals surface area contributed by atoms with Gasteiger partial charge in [-0.2, -0.15) is 0 Å². The molecule has 1 aromatic carbocycles. The van der Waals surface area contributed by atoms with E-state index in [9.17, 15) is 25.0 Å². The van der Waals surface area contributed by atoms with E-state index in [0.717, 1.165) is 18.0 Å². The SMILES string of the molecule is C=COC(=O)CCN(CC)c1ccc(N=Nc2sc([N+](=O)[O-])cc2[N+](=O)[O-])cc1. The van der Waals surface area contributed by atoms with Crippen molar-refractivity contribution in [3.8, 4) is 0 Å². The van der Waals surface area contributed by atoms with E-state index in [1.807, 2.05) is 11.8 Å². The number of azo groups is 1. The largest absolute Gasteiger partial charge is 0.435 e. The molecule has 11 nitrogen and oxygen atoms in total. The van der Waals surface area contributed by atoms with E-state index in [0.29, 0.717) is 30.1 Å². The molecule has 2 rings (SSSR count). The lowest BCUT2D eigenvalue weighted by Crippen LogP contribution is -2.25. The zero-order valence-electron chi connectivity index (χ0n) is 15.4. The smallest absolute Gasteiger partial charge is 0.333 e. The number of carbonyl (C=O) groups is 1. The number of anilines is 1. The summed E-state index contributed by atoms with van der Waals surface area (Å²) in [6, 6.07) is 7.69. The summed E-state index contributed by atoms with van der Waals surface area (Å²) in [6.45, 7) is 6.39. The van der Waals surface area contributed by atoms with Crippen LogP contribution in [0.2, 0.25) is 0 Å². The summed E-state index contributed by atoms with van der Waals surface area (Å²) in [4.78, 5) is 33.8. The van der Waals surface area contributed by atoms with Gasteiger partial charge in [0.15, 0.2) is 0 Å². The van der Waals surface area contributed by atoms with Gasteiger partial charge in [0.05, 0.1) is 28.2 Å². The molecule has 29 heavy (non-hydrogen) atoms. The summed E-state index contributed by atoms with van der Waals surface area (Å²) < 4.78 is 4.69. The Kier molecular flexibility index (Phi) is 7.48. The second-order valence-corrected chi connectivity index (χ2v) is 6.50. The number of carbonyl (C=O) groups excluding carboxylic acids is 1. The molecule has 0 N–H and O–H groups in total. The van der Waals surface area contributed by atoms with Gasteiger partial charge in [-0.1, -0.05) is 6.58 Å². The van der Waals surface area contributed by atoms with Crippen LogP contribution < -0.4 is 4.90 Å². The standard InChI is InChI=1S/C17H17N5O6S/c1-3-20(10-9-16(23)28-4-2)13-7-5-12(6-8-13)18-19-17-14(21(24)25)11-15(29-17)22(26)27/h4-8,11H,2-3,9-10H2,1H3. The quantitative estimate of drug-likeness (QED) is 0.176. The molecule has 0 saturated carbocycles. The van der Waals surface area contributed by atoms with Gasteiger partial charge in [0.25, 0.3) is 0 Å². The van der Waals surface area contributed by atoms with Crippen molar-refractivity contribution in [2.75, 3.05) is 18.0 Å². The number of rotatable bonds is 10. The number of nitrogens with zero attached hydrogens (tertiary/aromatic N) is 5. The molecule has 152 valence electrons. The third kappa shape index (κ3) is 5.90. The van der Waals surface area contributed by atoms with Crippen LogP contribution >= 0.6 is 11.3 Å². The van der Waals surface area contributed by atoms with E-state index in [-0.39, 0.29) is 22.4 Å². The monoisotopic (exact) mass is 419 g/mol. The van der Waals surface area contributed by atoms with Gasteiger partial charge in [-0.3, -0.25) is 25.0 Å². The fourth-order valence-corrected chi connectivity index (χ4v) is 3.10. The van der Waals surface area contributed by atoms with Crippen LogP contribution in [-0.4, -0.2) is 28.9 Å². The van der Waals surface area contributed by atoms with Gasteiger partial charge >= 0.3 is 16.7 Å². The molecule has 0 spiro atoms. The first-order valence-corrected chi connectivity index (χ1v) is 9.17. The molecule has 0 aliphatic carbocycles.